The SMILES string of the molecule is N#CCC(=O)Nc1ccc(CCC(=O)NC2CC2)cc1. The van der Waals surface area contributed by atoms with Crippen LogP contribution in [0, 0.1) is 11.3 Å². The lowest BCUT2D eigenvalue weighted by Gasteiger charge is -2.06. The summed E-state index contributed by atoms with van der Waals surface area (Å²) in [5.41, 5.74) is 1.71. The molecule has 2 amide bonds. The number of nitrogens with zero attached hydrogens (tertiary/aromatic N) is 1. The molecule has 0 aromatic heterocycles. The molecule has 2 rings (SSSR count). The van der Waals surface area contributed by atoms with Crippen molar-refractivity contribution in [3.05, 3.63) is 29.8 Å². The Morgan fingerprint density at radius 1 is 1.20 bits per heavy atom. The van der Waals surface area contributed by atoms with Gasteiger partial charge in [-0.3, -0.25) is 9.59 Å². The molecule has 0 bridgehead atoms. The van der Waals surface area contributed by atoms with Gasteiger partial charge >= 0.3 is 0 Å². The lowest BCUT2D eigenvalue weighted by molar-refractivity contribution is -0.121. The van der Waals surface area contributed by atoms with Crippen LogP contribution in [0.2, 0.25) is 0 Å². The van der Waals surface area contributed by atoms with E-state index in [4.69, 9.17) is 5.26 Å². The van der Waals surface area contributed by atoms with Crippen LogP contribution in [-0.2, 0) is 16.0 Å². The summed E-state index contributed by atoms with van der Waals surface area (Å²) >= 11 is 0. The second kappa shape index (κ2) is 6.71. The van der Waals surface area contributed by atoms with Crippen LogP contribution in [0.1, 0.15) is 31.2 Å². The van der Waals surface area contributed by atoms with Gasteiger partial charge in [0.05, 0.1) is 6.07 Å². The van der Waals surface area contributed by atoms with E-state index in [1.54, 1.807) is 18.2 Å². The molecule has 1 aromatic rings. The Hall–Kier alpha value is -2.35. The molecule has 0 spiro atoms. The minimum absolute atomic E-state index is 0.0962. The molecule has 104 valence electrons. The fourth-order valence-electron chi connectivity index (χ4n) is 1.82. The molecule has 1 aliphatic rings. The van der Waals surface area contributed by atoms with Gasteiger partial charge < -0.3 is 10.6 Å². The lowest BCUT2D eigenvalue weighted by atomic mass is 10.1. The summed E-state index contributed by atoms with van der Waals surface area (Å²) in [5, 5.41) is 14.0. The first-order valence-corrected chi connectivity index (χ1v) is 6.72. The third kappa shape index (κ3) is 4.73. The standard InChI is InChI=1S/C15H17N3O2/c16-10-9-15(20)18-12-4-1-11(2-5-12)3-8-14(19)17-13-6-7-13/h1-2,4-5,13H,3,6-9H2,(H,17,19)(H,18,20). The van der Waals surface area contributed by atoms with E-state index in [0.717, 1.165) is 18.4 Å². The largest absolute Gasteiger partial charge is 0.353 e. The zero-order valence-electron chi connectivity index (χ0n) is 11.2. The van der Waals surface area contributed by atoms with Gasteiger partial charge in [-0.1, -0.05) is 12.1 Å². The molecule has 5 nitrogen and oxygen atoms in total. The monoisotopic (exact) mass is 271 g/mol. The molecule has 5 heteroatoms. The van der Waals surface area contributed by atoms with Crippen molar-refractivity contribution in [1.82, 2.24) is 5.32 Å². The number of hydrogen-bond donors (Lipinski definition) is 2. The number of nitrogens with one attached hydrogen (secondary N) is 2. The zero-order valence-corrected chi connectivity index (χ0v) is 11.2. The first-order valence-electron chi connectivity index (χ1n) is 6.72. The Kier molecular flexibility index (Phi) is 4.72. The molecule has 0 aliphatic heterocycles. The highest BCUT2D eigenvalue weighted by molar-refractivity contribution is 5.92. The first kappa shape index (κ1) is 14.1. The predicted molar refractivity (Wildman–Crippen MR) is 74.8 cm³/mol. The Morgan fingerprint density at radius 2 is 1.90 bits per heavy atom. The van der Waals surface area contributed by atoms with E-state index in [1.165, 1.54) is 0 Å². The maximum absolute atomic E-state index is 11.6. The van der Waals surface area contributed by atoms with Crippen LogP contribution < -0.4 is 10.6 Å². The summed E-state index contributed by atoms with van der Waals surface area (Å²) in [6.45, 7) is 0. The Balaban J connectivity index is 1.77. The summed E-state index contributed by atoms with van der Waals surface area (Å²) < 4.78 is 0. The molecule has 0 heterocycles. The van der Waals surface area contributed by atoms with E-state index < -0.39 is 0 Å². The fourth-order valence-corrected chi connectivity index (χ4v) is 1.82. The highest BCUT2D eigenvalue weighted by atomic mass is 16.2. The van der Waals surface area contributed by atoms with Gasteiger partial charge in [-0.2, -0.15) is 5.26 Å². The lowest BCUT2D eigenvalue weighted by Crippen LogP contribution is -2.25. The van der Waals surface area contributed by atoms with E-state index in [-0.39, 0.29) is 18.2 Å². The second-order valence-electron chi connectivity index (χ2n) is 4.92. The second-order valence-corrected chi connectivity index (χ2v) is 4.92. The first-order chi connectivity index (χ1) is 9.67. The normalized spacial score (nSPS) is 13.3. The number of amides is 2. The molecule has 1 aliphatic carbocycles. The van der Waals surface area contributed by atoms with Gasteiger partial charge in [0, 0.05) is 18.2 Å². The average Bonchev–Trinajstić information content (AvgIpc) is 3.22. The number of anilines is 1. The van der Waals surface area contributed by atoms with Gasteiger partial charge in [-0.05, 0) is 37.0 Å². The maximum atomic E-state index is 11.6. The zero-order chi connectivity index (χ0) is 14.4. The van der Waals surface area contributed by atoms with E-state index in [2.05, 4.69) is 10.6 Å². The van der Waals surface area contributed by atoms with Crippen LogP contribution in [0.3, 0.4) is 0 Å². The topological polar surface area (TPSA) is 82.0 Å². The fraction of sp³-hybridized carbons (Fsp3) is 0.400. The van der Waals surface area contributed by atoms with Crippen LogP contribution in [0.4, 0.5) is 5.69 Å². The van der Waals surface area contributed by atoms with Crippen LogP contribution in [0.25, 0.3) is 0 Å². The average molecular weight is 271 g/mol. The van der Waals surface area contributed by atoms with Gasteiger partial charge in [0.25, 0.3) is 0 Å². The summed E-state index contributed by atoms with van der Waals surface area (Å²) in [5.74, 6) is -0.219. The van der Waals surface area contributed by atoms with Crippen molar-refractivity contribution < 1.29 is 9.59 Å². The van der Waals surface area contributed by atoms with Crippen LogP contribution >= 0.6 is 0 Å². The molecular weight excluding hydrogens is 254 g/mol. The van der Waals surface area contributed by atoms with Crippen molar-refractivity contribution in [3.63, 3.8) is 0 Å². The van der Waals surface area contributed by atoms with Crippen molar-refractivity contribution in [1.29, 1.82) is 5.26 Å². The molecule has 1 fully saturated rings. The Bertz CT molecular complexity index is 527. The van der Waals surface area contributed by atoms with Crippen LogP contribution in [0.15, 0.2) is 24.3 Å². The van der Waals surface area contributed by atoms with Gasteiger partial charge in [0.15, 0.2) is 0 Å². The van der Waals surface area contributed by atoms with Crippen molar-refractivity contribution in [2.75, 3.05) is 5.32 Å². The van der Waals surface area contributed by atoms with Crippen molar-refractivity contribution in [2.24, 2.45) is 0 Å². The number of aryl methyl sites for hydroxylation is 1. The van der Waals surface area contributed by atoms with E-state index in [1.807, 2.05) is 12.1 Å². The third-order valence-corrected chi connectivity index (χ3v) is 3.06. The number of rotatable bonds is 6. The van der Waals surface area contributed by atoms with Crippen LogP contribution in [0.5, 0.6) is 0 Å². The number of nitriles is 1. The highest BCUT2D eigenvalue weighted by Gasteiger charge is 2.22. The van der Waals surface area contributed by atoms with Gasteiger partial charge in [-0.25, -0.2) is 0 Å². The maximum Gasteiger partial charge on any atom is 0.238 e. The quantitative estimate of drug-likeness (QED) is 0.827. The predicted octanol–water partition coefficient (Wildman–Crippen LogP) is 1.75. The van der Waals surface area contributed by atoms with Gasteiger partial charge in [0.1, 0.15) is 6.42 Å². The summed E-state index contributed by atoms with van der Waals surface area (Å²) in [7, 11) is 0. The van der Waals surface area contributed by atoms with E-state index >= 15 is 0 Å². The van der Waals surface area contributed by atoms with Crippen molar-refractivity contribution >= 4 is 17.5 Å². The molecule has 0 unspecified atom stereocenters. The molecule has 1 aromatic carbocycles. The van der Waals surface area contributed by atoms with E-state index in [9.17, 15) is 9.59 Å². The molecular formula is C15H17N3O2. The molecule has 1 saturated carbocycles. The number of benzene rings is 1. The van der Waals surface area contributed by atoms with Crippen LogP contribution in [-0.4, -0.2) is 17.9 Å². The summed E-state index contributed by atoms with van der Waals surface area (Å²) in [6.07, 6.45) is 3.22. The molecule has 0 atom stereocenters. The Morgan fingerprint density at radius 3 is 2.50 bits per heavy atom. The smallest absolute Gasteiger partial charge is 0.238 e. The van der Waals surface area contributed by atoms with Gasteiger partial charge in [-0.15, -0.1) is 0 Å². The highest BCUT2D eigenvalue weighted by Crippen LogP contribution is 2.19. The minimum atomic E-state index is -0.316. The van der Waals surface area contributed by atoms with Crippen molar-refractivity contribution in [2.45, 2.75) is 38.1 Å². The molecule has 0 saturated heterocycles. The molecule has 2 N–H and O–H groups in total. The summed E-state index contributed by atoms with van der Waals surface area (Å²) in [6, 6.07) is 9.52. The minimum Gasteiger partial charge on any atom is -0.353 e. The van der Waals surface area contributed by atoms with E-state index in [0.29, 0.717) is 24.6 Å². The molecule has 0 radical (unpaired) electrons. The number of hydrogen-bond acceptors (Lipinski definition) is 3. The Labute approximate surface area is 118 Å². The van der Waals surface area contributed by atoms with Crippen molar-refractivity contribution in [3.8, 4) is 6.07 Å². The molecule has 20 heavy (non-hydrogen) atoms. The number of carbonyl (C=O) groups excluding carboxylic acids is 2. The number of carbonyl (C=O) groups is 2. The summed E-state index contributed by atoms with van der Waals surface area (Å²) in [4.78, 5) is 22.8. The van der Waals surface area contributed by atoms with Gasteiger partial charge in [0.2, 0.25) is 11.8 Å². The third-order valence-electron chi connectivity index (χ3n) is 3.06.